The second kappa shape index (κ2) is 10.2. The number of aromatic nitrogens is 3. The Morgan fingerprint density at radius 3 is 2.52 bits per heavy atom. The molecule has 2 aromatic rings. The van der Waals surface area contributed by atoms with Crippen LogP contribution in [-0.2, 0) is 19.3 Å². The molecule has 5 rings (SSSR count). The molecule has 4 heterocycles. The summed E-state index contributed by atoms with van der Waals surface area (Å²) in [6.45, 7) is 7.77. The van der Waals surface area contributed by atoms with Gasteiger partial charge >= 0.3 is 0 Å². The number of nitrogens with zero attached hydrogens (tertiary/aromatic N) is 6. The molecule has 2 aliphatic heterocycles. The number of carbonyl (C=O) groups is 1. The van der Waals surface area contributed by atoms with Crippen LogP contribution in [0.1, 0.15) is 66.3 Å². The fourth-order valence-corrected chi connectivity index (χ4v) is 5.10. The molecule has 0 spiro atoms. The van der Waals surface area contributed by atoms with Gasteiger partial charge in [-0.15, -0.1) is 0 Å². The molecule has 3 aliphatic rings. The average molecular weight is 449 g/mol. The standard InChI is InChI=1S/C26H36N6O/c1-2-3-5-20-8-9-24(27-18-20)25(33)31-12-10-21-19-28-26(29-23(21)11-13-31)32-16-14-30(15-17-32)22-6-4-7-22/h8-9,18-19,22H,2-7,10-17H2,1H3. The van der Waals surface area contributed by atoms with E-state index in [2.05, 4.69) is 21.7 Å². The van der Waals surface area contributed by atoms with Gasteiger partial charge in [0.05, 0.1) is 5.69 Å². The molecule has 0 N–H and O–H groups in total. The van der Waals surface area contributed by atoms with Crippen LogP contribution >= 0.6 is 0 Å². The van der Waals surface area contributed by atoms with Crippen molar-refractivity contribution in [3.8, 4) is 0 Å². The number of unbranched alkanes of at least 4 members (excludes halogenated alkanes) is 1. The van der Waals surface area contributed by atoms with Gasteiger partial charge in [-0.2, -0.15) is 0 Å². The molecule has 1 amide bonds. The number of anilines is 1. The van der Waals surface area contributed by atoms with Gasteiger partial charge in [0.25, 0.3) is 5.91 Å². The fraction of sp³-hybridized carbons (Fsp3) is 0.615. The zero-order valence-electron chi connectivity index (χ0n) is 19.9. The molecule has 2 fully saturated rings. The highest BCUT2D eigenvalue weighted by Gasteiger charge is 2.29. The highest BCUT2D eigenvalue weighted by Crippen LogP contribution is 2.26. The van der Waals surface area contributed by atoms with Crippen molar-refractivity contribution in [3.05, 3.63) is 47.0 Å². The molecule has 7 nitrogen and oxygen atoms in total. The Kier molecular flexibility index (Phi) is 6.85. The highest BCUT2D eigenvalue weighted by molar-refractivity contribution is 5.92. The van der Waals surface area contributed by atoms with Gasteiger partial charge in [-0.05, 0) is 49.3 Å². The van der Waals surface area contributed by atoms with Gasteiger partial charge in [0.2, 0.25) is 5.95 Å². The Bertz CT molecular complexity index is 950. The minimum absolute atomic E-state index is 0.0187. The predicted molar refractivity (Wildman–Crippen MR) is 130 cm³/mol. The first-order valence-electron chi connectivity index (χ1n) is 12.8. The highest BCUT2D eigenvalue weighted by atomic mass is 16.2. The third-order valence-corrected chi connectivity index (χ3v) is 7.55. The zero-order chi connectivity index (χ0) is 22.6. The summed E-state index contributed by atoms with van der Waals surface area (Å²) in [5, 5.41) is 0. The maximum Gasteiger partial charge on any atom is 0.272 e. The topological polar surface area (TPSA) is 65.5 Å². The summed E-state index contributed by atoms with van der Waals surface area (Å²) in [5.41, 5.74) is 4.01. The molecular weight excluding hydrogens is 412 g/mol. The van der Waals surface area contributed by atoms with Gasteiger partial charge in [-0.3, -0.25) is 14.7 Å². The number of piperazine rings is 1. The van der Waals surface area contributed by atoms with Crippen molar-refractivity contribution in [2.75, 3.05) is 44.2 Å². The molecule has 0 radical (unpaired) electrons. The molecule has 0 unspecified atom stereocenters. The van der Waals surface area contributed by atoms with E-state index < -0.39 is 0 Å². The lowest BCUT2D eigenvalue weighted by Gasteiger charge is -2.43. The first-order chi connectivity index (χ1) is 16.2. The normalized spacial score (nSPS) is 19.7. The van der Waals surface area contributed by atoms with E-state index in [1.807, 2.05) is 29.4 Å². The van der Waals surface area contributed by atoms with Crippen molar-refractivity contribution in [2.45, 2.75) is 64.3 Å². The smallest absolute Gasteiger partial charge is 0.272 e. The van der Waals surface area contributed by atoms with Gasteiger partial charge in [0.15, 0.2) is 0 Å². The number of aryl methyl sites for hydroxylation is 1. The minimum Gasteiger partial charge on any atom is -0.338 e. The van der Waals surface area contributed by atoms with Crippen LogP contribution in [0.5, 0.6) is 0 Å². The Labute approximate surface area is 197 Å². The number of hydrogen-bond donors (Lipinski definition) is 0. The largest absolute Gasteiger partial charge is 0.338 e. The molecule has 0 bridgehead atoms. The summed E-state index contributed by atoms with van der Waals surface area (Å²) in [6.07, 6.45) is 12.9. The van der Waals surface area contributed by atoms with Gasteiger partial charge in [-0.1, -0.05) is 25.8 Å². The first-order valence-corrected chi connectivity index (χ1v) is 12.8. The Morgan fingerprint density at radius 2 is 1.82 bits per heavy atom. The SMILES string of the molecule is CCCCc1ccc(C(=O)N2CCc3cnc(N4CCN(C5CCC5)CC4)nc3CC2)nc1. The molecule has 1 saturated carbocycles. The quantitative estimate of drug-likeness (QED) is 0.677. The molecule has 2 aromatic heterocycles. The lowest BCUT2D eigenvalue weighted by molar-refractivity contribution is 0.0757. The van der Waals surface area contributed by atoms with E-state index in [0.717, 1.165) is 76.0 Å². The Balaban J connectivity index is 1.19. The molecule has 1 saturated heterocycles. The van der Waals surface area contributed by atoms with E-state index in [-0.39, 0.29) is 5.91 Å². The van der Waals surface area contributed by atoms with Crippen LogP contribution in [0.25, 0.3) is 0 Å². The fourth-order valence-electron chi connectivity index (χ4n) is 5.10. The molecular formula is C26H36N6O. The molecule has 1 aliphatic carbocycles. The summed E-state index contributed by atoms with van der Waals surface area (Å²) < 4.78 is 0. The van der Waals surface area contributed by atoms with Crippen molar-refractivity contribution in [1.29, 1.82) is 0 Å². The summed E-state index contributed by atoms with van der Waals surface area (Å²) in [6, 6.07) is 4.74. The summed E-state index contributed by atoms with van der Waals surface area (Å²) in [7, 11) is 0. The molecule has 33 heavy (non-hydrogen) atoms. The summed E-state index contributed by atoms with van der Waals surface area (Å²) in [4.78, 5) is 34.1. The Morgan fingerprint density at radius 1 is 1.00 bits per heavy atom. The van der Waals surface area contributed by atoms with Crippen molar-refractivity contribution in [1.82, 2.24) is 24.8 Å². The minimum atomic E-state index is 0.0187. The van der Waals surface area contributed by atoms with E-state index in [9.17, 15) is 4.79 Å². The van der Waals surface area contributed by atoms with Crippen LogP contribution in [-0.4, -0.2) is 76.0 Å². The van der Waals surface area contributed by atoms with Crippen molar-refractivity contribution < 1.29 is 4.79 Å². The second-order valence-electron chi connectivity index (χ2n) is 9.70. The van der Waals surface area contributed by atoms with Crippen LogP contribution in [0.3, 0.4) is 0 Å². The first kappa shape index (κ1) is 22.3. The number of rotatable bonds is 6. The molecule has 7 heteroatoms. The maximum atomic E-state index is 13.1. The van der Waals surface area contributed by atoms with Crippen molar-refractivity contribution in [3.63, 3.8) is 0 Å². The second-order valence-corrected chi connectivity index (χ2v) is 9.70. The van der Waals surface area contributed by atoms with E-state index in [1.54, 1.807) is 0 Å². The average Bonchev–Trinajstić information content (AvgIpc) is 3.04. The van der Waals surface area contributed by atoms with Gasteiger partial charge in [-0.25, -0.2) is 9.97 Å². The third kappa shape index (κ3) is 5.03. The van der Waals surface area contributed by atoms with E-state index in [1.165, 1.54) is 30.4 Å². The van der Waals surface area contributed by atoms with Crippen LogP contribution in [0.2, 0.25) is 0 Å². The number of carbonyl (C=O) groups excluding carboxylic acids is 1. The maximum absolute atomic E-state index is 13.1. The number of pyridine rings is 1. The number of fused-ring (bicyclic) bond motifs is 1. The summed E-state index contributed by atoms with van der Waals surface area (Å²) >= 11 is 0. The van der Waals surface area contributed by atoms with E-state index in [0.29, 0.717) is 18.8 Å². The molecule has 0 aromatic carbocycles. The zero-order valence-corrected chi connectivity index (χ0v) is 19.9. The third-order valence-electron chi connectivity index (χ3n) is 7.55. The summed E-state index contributed by atoms with van der Waals surface area (Å²) in [5.74, 6) is 0.872. The van der Waals surface area contributed by atoms with Gasteiger partial charge in [0, 0.05) is 64.1 Å². The van der Waals surface area contributed by atoms with Crippen LogP contribution in [0.4, 0.5) is 5.95 Å². The lowest BCUT2D eigenvalue weighted by atomic mass is 9.91. The number of amides is 1. The molecule has 176 valence electrons. The predicted octanol–water partition coefficient (Wildman–Crippen LogP) is 3.13. The van der Waals surface area contributed by atoms with Gasteiger partial charge < -0.3 is 9.80 Å². The van der Waals surface area contributed by atoms with E-state index in [4.69, 9.17) is 9.97 Å². The van der Waals surface area contributed by atoms with Crippen LogP contribution in [0, 0.1) is 0 Å². The monoisotopic (exact) mass is 448 g/mol. The van der Waals surface area contributed by atoms with E-state index >= 15 is 0 Å². The van der Waals surface area contributed by atoms with Crippen molar-refractivity contribution in [2.24, 2.45) is 0 Å². The van der Waals surface area contributed by atoms with Crippen LogP contribution < -0.4 is 4.90 Å². The van der Waals surface area contributed by atoms with Crippen LogP contribution in [0.15, 0.2) is 24.5 Å². The number of hydrogen-bond acceptors (Lipinski definition) is 6. The molecule has 0 atom stereocenters. The Hall–Kier alpha value is -2.54. The van der Waals surface area contributed by atoms with Crippen molar-refractivity contribution >= 4 is 11.9 Å². The lowest BCUT2D eigenvalue weighted by Crippen LogP contribution is -2.52. The van der Waals surface area contributed by atoms with Gasteiger partial charge in [0.1, 0.15) is 5.69 Å².